The number of hydrogen-bond donors (Lipinski definition) is 2. The summed E-state index contributed by atoms with van der Waals surface area (Å²) in [5.41, 5.74) is 3.43. The molecule has 2 N–H and O–H groups in total. The van der Waals surface area contributed by atoms with Gasteiger partial charge >= 0.3 is 11.8 Å². The van der Waals surface area contributed by atoms with Crippen molar-refractivity contribution in [2.24, 2.45) is 5.10 Å². The van der Waals surface area contributed by atoms with E-state index < -0.39 is 11.8 Å². The van der Waals surface area contributed by atoms with Crippen LogP contribution in [0.3, 0.4) is 0 Å². The third-order valence-electron chi connectivity index (χ3n) is 4.21. The molecule has 7 nitrogen and oxygen atoms in total. The van der Waals surface area contributed by atoms with Gasteiger partial charge in [-0.25, -0.2) is 9.82 Å². The summed E-state index contributed by atoms with van der Waals surface area (Å²) in [4.78, 5) is 24.1. The van der Waals surface area contributed by atoms with Gasteiger partial charge in [0.2, 0.25) is 0 Å². The first-order chi connectivity index (χ1) is 15.5. The molecule has 32 heavy (non-hydrogen) atoms. The third-order valence-corrected chi connectivity index (χ3v) is 4.44. The first kappa shape index (κ1) is 22.8. The van der Waals surface area contributed by atoms with Crippen molar-refractivity contribution in [2.45, 2.75) is 6.61 Å². The van der Waals surface area contributed by atoms with Crippen molar-refractivity contribution in [3.8, 4) is 11.5 Å². The van der Waals surface area contributed by atoms with Crippen molar-refractivity contribution in [2.75, 3.05) is 12.4 Å². The number of amides is 2. The fourth-order valence-corrected chi connectivity index (χ4v) is 2.81. The van der Waals surface area contributed by atoms with E-state index in [9.17, 15) is 14.0 Å². The first-order valence-electron chi connectivity index (χ1n) is 9.40. The smallest absolute Gasteiger partial charge is 0.329 e. The fourth-order valence-electron chi connectivity index (χ4n) is 2.63. The molecular formula is C23H19ClFN3O4. The van der Waals surface area contributed by atoms with Gasteiger partial charge in [0.15, 0.2) is 0 Å². The second-order valence-electron chi connectivity index (χ2n) is 6.45. The highest BCUT2D eigenvalue weighted by Crippen LogP contribution is 2.27. The maximum atomic E-state index is 13.7. The van der Waals surface area contributed by atoms with E-state index in [0.29, 0.717) is 27.6 Å². The van der Waals surface area contributed by atoms with E-state index in [1.807, 2.05) is 0 Å². The number of anilines is 1. The molecule has 0 heterocycles. The second-order valence-corrected chi connectivity index (χ2v) is 6.89. The molecule has 2 amide bonds. The van der Waals surface area contributed by atoms with Crippen LogP contribution in [0.5, 0.6) is 11.5 Å². The molecule has 0 unspecified atom stereocenters. The van der Waals surface area contributed by atoms with Gasteiger partial charge in [0.25, 0.3) is 0 Å². The van der Waals surface area contributed by atoms with Gasteiger partial charge < -0.3 is 14.8 Å². The summed E-state index contributed by atoms with van der Waals surface area (Å²) >= 11 is 5.91. The van der Waals surface area contributed by atoms with Gasteiger partial charge in [-0.15, -0.1) is 0 Å². The zero-order valence-electron chi connectivity index (χ0n) is 17.0. The molecule has 0 aromatic heterocycles. The maximum absolute atomic E-state index is 13.7. The molecule has 0 aliphatic heterocycles. The molecule has 0 aliphatic carbocycles. The number of nitrogens with one attached hydrogen (secondary N) is 2. The molecule has 0 spiro atoms. The van der Waals surface area contributed by atoms with Gasteiger partial charge in [-0.3, -0.25) is 9.59 Å². The summed E-state index contributed by atoms with van der Waals surface area (Å²) in [6, 6.07) is 17.8. The van der Waals surface area contributed by atoms with Crippen LogP contribution in [0.1, 0.15) is 11.1 Å². The number of carbonyl (C=O) groups excluding carboxylic acids is 2. The van der Waals surface area contributed by atoms with E-state index in [4.69, 9.17) is 21.1 Å². The van der Waals surface area contributed by atoms with E-state index in [-0.39, 0.29) is 18.1 Å². The molecule has 0 atom stereocenters. The fraction of sp³-hybridized carbons (Fsp3) is 0.0870. The quantitative estimate of drug-likeness (QED) is 0.318. The van der Waals surface area contributed by atoms with Crippen LogP contribution < -0.4 is 20.2 Å². The van der Waals surface area contributed by atoms with Crippen molar-refractivity contribution >= 4 is 35.3 Å². The number of methoxy groups -OCH3 is 1. The lowest BCUT2D eigenvalue weighted by Gasteiger charge is -2.09. The molecule has 164 valence electrons. The molecule has 0 radical (unpaired) electrons. The van der Waals surface area contributed by atoms with E-state index in [1.165, 1.54) is 25.5 Å². The van der Waals surface area contributed by atoms with Crippen LogP contribution >= 0.6 is 11.6 Å². The van der Waals surface area contributed by atoms with Crippen LogP contribution in [0.15, 0.2) is 71.8 Å². The van der Waals surface area contributed by atoms with Crippen molar-refractivity contribution in [3.05, 3.63) is 88.7 Å². The Morgan fingerprint density at radius 1 is 1.06 bits per heavy atom. The zero-order valence-corrected chi connectivity index (χ0v) is 17.7. The van der Waals surface area contributed by atoms with Gasteiger partial charge in [0.1, 0.15) is 23.9 Å². The monoisotopic (exact) mass is 455 g/mol. The van der Waals surface area contributed by atoms with Crippen molar-refractivity contribution in [1.29, 1.82) is 0 Å². The van der Waals surface area contributed by atoms with Gasteiger partial charge in [0.05, 0.1) is 19.0 Å². The number of halogens is 2. The van der Waals surface area contributed by atoms with E-state index in [0.717, 1.165) is 0 Å². The summed E-state index contributed by atoms with van der Waals surface area (Å²) in [6.07, 6.45) is 1.35. The zero-order chi connectivity index (χ0) is 22.9. The Bertz CT molecular complexity index is 1150. The Morgan fingerprint density at radius 2 is 1.88 bits per heavy atom. The molecule has 0 fully saturated rings. The van der Waals surface area contributed by atoms with E-state index >= 15 is 0 Å². The molecule has 0 saturated heterocycles. The number of rotatable bonds is 7. The summed E-state index contributed by atoms with van der Waals surface area (Å²) in [5, 5.41) is 6.56. The van der Waals surface area contributed by atoms with Crippen molar-refractivity contribution in [3.63, 3.8) is 0 Å². The average Bonchev–Trinajstić information content (AvgIpc) is 2.79. The third kappa shape index (κ3) is 6.29. The van der Waals surface area contributed by atoms with Crippen LogP contribution in [-0.2, 0) is 16.2 Å². The molecule has 3 aromatic carbocycles. The number of hydrogen-bond acceptors (Lipinski definition) is 5. The van der Waals surface area contributed by atoms with Gasteiger partial charge in [0, 0.05) is 10.6 Å². The van der Waals surface area contributed by atoms with Crippen LogP contribution in [0.2, 0.25) is 5.02 Å². The minimum Gasteiger partial charge on any atom is -0.495 e. The number of nitrogens with zero attached hydrogens (tertiary/aromatic N) is 1. The summed E-state index contributed by atoms with van der Waals surface area (Å²) in [7, 11) is 1.43. The Kier molecular flexibility index (Phi) is 7.77. The van der Waals surface area contributed by atoms with Crippen molar-refractivity contribution < 1.29 is 23.5 Å². The lowest BCUT2D eigenvalue weighted by Crippen LogP contribution is -2.32. The van der Waals surface area contributed by atoms with Crippen LogP contribution in [0, 0.1) is 5.82 Å². The van der Waals surface area contributed by atoms with Gasteiger partial charge in [-0.2, -0.15) is 5.10 Å². The minimum atomic E-state index is -0.977. The Morgan fingerprint density at radius 3 is 2.66 bits per heavy atom. The van der Waals surface area contributed by atoms with Crippen LogP contribution in [-0.4, -0.2) is 25.1 Å². The highest BCUT2D eigenvalue weighted by molar-refractivity contribution is 6.40. The maximum Gasteiger partial charge on any atom is 0.329 e. The summed E-state index contributed by atoms with van der Waals surface area (Å²) in [6.45, 7) is 0.0666. The molecular weight excluding hydrogens is 437 g/mol. The van der Waals surface area contributed by atoms with Gasteiger partial charge in [-0.05, 0) is 42.0 Å². The predicted octanol–water partition coefficient (Wildman–Crippen LogP) is 4.16. The molecule has 9 heteroatoms. The van der Waals surface area contributed by atoms with Crippen LogP contribution in [0.25, 0.3) is 0 Å². The number of benzene rings is 3. The van der Waals surface area contributed by atoms with Crippen LogP contribution in [0.4, 0.5) is 10.1 Å². The molecule has 3 rings (SSSR count). The molecule has 3 aromatic rings. The molecule has 0 saturated carbocycles. The topological polar surface area (TPSA) is 89.0 Å². The van der Waals surface area contributed by atoms with Gasteiger partial charge in [-0.1, -0.05) is 41.9 Å². The molecule has 0 bridgehead atoms. The second kappa shape index (κ2) is 10.9. The Labute approximate surface area is 188 Å². The number of ether oxygens (including phenoxy) is 2. The summed E-state index contributed by atoms with van der Waals surface area (Å²) < 4.78 is 24.4. The van der Waals surface area contributed by atoms with E-state index in [1.54, 1.807) is 54.6 Å². The SMILES string of the molecule is COc1ccc(Cl)cc1NC(=O)C(=O)N/N=C/c1cccc(OCc2ccccc2F)c1. The predicted molar refractivity (Wildman–Crippen MR) is 120 cm³/mol. The molecule has 0 aliphatic rings. The number of carbonyl (C=O) groups is 2. The minimum absolute atomic E-state index is 0.0666. The Balaban J connectivity index is 1.55. The lowest BCUT2D eigenvalue weighted by atomic mass is 10.2. The lowest BCUT2D eigenvalue weighted by molar-refractivity contribution is -0.136. The highest BCUT2D eigenvalue weighted by atomic mass is 35.5. The normalized spacial score (nSPS) is 10.6. The average molecular weight is 456 g/mol. The Hall–Kier alpha value is -3.91. The van der Waals surface area contributed by atoms with E-state index in [2.05, 4.69) is 15.8 Å². The van der Waals surface area contributed by atoms with Crippen molar-refractivity contribution in [1.82, 2.24) is 5.43 Å². The summed E-state index contributed by atoms with van der Waals surface area (Å²) in [5.74, 6) is -1.41. The standard InChI is InChI=1S/C23H19ClFN3O4/c1-31-21-10-9-17(24)12-20(21)27-22(29)23(30)28-26-13-15-5-4-7-18(11-15)32-14-16-6-2-3-8-19(16)25/h2-13H,14H2,1H3,(H,27,29)(H,28,30)/b26-13+. The number of hydrazone groups is 1. The highest BCUT2D eigenvalue weighted by Gasteiger charge is 2.15. The largest absolute Gasteiger partial charge is 0.495 e. The first-order valence-corrected chi connectivity index (χ1v) is 9.78.